The van der Waals surface area contributed by atoms with Gasteiger partial charge in [-0.2, -0.15) is 0 Å². The van der Waals surface area contributed by atoms with Crippen LogP contribution in [-0.2, 0) is 6.42 Å². The largest absolute Gasteiger partial charge is 0.392 e. The molecule has 0 amide bonds. The van der Waals surface area contributed by atoms with Gasteiger partial charge in [0, 0.05) is 0 Å². The molecule has 0 radical (unpaired) electrons. The van der Waals surface area contributed by atoms with Gasteiger partial charge in [-0.3, -0.25) is 0 Å². The highest BCUT2D eigenvalue weighted by molar-refractivity contribution is 5.16. The lowest BCUT2D eigenvalue weighted by atomic mass is 9.57. The summed E-state index contributed by atoms with van der Waals surface area (Å²) in [7, 11) is 0. The molecule has 0 saturated heterocycles. The van der Waals surface area contributed by atoms with Crippen molar-refractivity contribution in [1.82, 2.24) is 0 Å². The third-order valence-electron chi connectivity index (χ3n) is 11.4. The Hall–Kier alpha value is -0.860. The van der Waals surface area contributed by atoms with Gasteiger partial charge in [-0.15, -0.1) is 0 Å². The second kappa shape index (κ2) is 10.3. The minimum atomic E-state index is -0.427. The van der Waals surface area contributed by atoms with Crippen molar-refractivity contribution in [2.45, 2.75) is 123 Å². The first-order valence-corrected chi connectivity index (χ1v) is 14.5. The maximum Gasteiger partial charge on any atom is 0.0648 e. The summed E-state index contributed by atoms with van der Waals surface area (Å²) in [6.45, 7) is 12.0. The van der Waals surface area contributed by atoms with Gasteiger partial charge < -0.3 is 10.2 Å². The molecule has 0 spiro atoms. The van der Waals surface area contributed by atoms with Gasteiger partial charge in [0.25, 0.3) is 0 Å². The van der Waals surface area contributed by atoms with E-state index >= 15 is 0 Å². The van der Waals surface area contributed by atoms with E-state index < -0.39 is 5.60 Å². The summed E-state index contributed by atoms with van der Waals surface area (Å²) in [6.07, 6.45) is 13.9. The fraction of sp³-hybridized carbons (Fsp3) is 0.812. The van der Waals surface area contributed by atoms with Gasteiger partial charge in [0.15, 0.2) is 0 Å². The second-order valence-electron chi connectivity index (χ2n) is 13.6. The number of benzene rings is 1. The Morgan fingerprint density at radius 3 is 2.41 bits per heavy atom. The van der Waals surface area contributed by atoms with Crippen LogP contribution < -0.4 is 0 Å². The second-order valence-corrected chi connectivity index (χ2v) is 13.6. The van der Waals surface area contributed by atoms with Gasteiger partial charge >= 0.3 is 0 Å². The van der Waals surface area contributed by atoms with Crippen LogP contribution in [0.2, 0.25) is 0 Å². The Kier molecular flexibility index (Phi) is 7.90. The maximum absolute atomic E-state index is 11.2. The van der Waals surface area contributed by atoms with Crippen molar-refractivity contribution in [3.63, 3.8) is 0 Å². The van der Waals surface area contributed by atoms with Crippen LogP contribution in [0.25, 0.3) is 0 Å². The van der Waals surface area contributed by atoms with E-state index in [0.717, 1.165) is 43.9 Å². The minimum absolute atomic E-state index is 0.252. The highest BCUT2D eigenvalue weighted by Crippen LogP contribution is 2.61. The third-order valence-corrected chi connectivity index (χ3v) is 11.4. The van der Waals surface area contributed by atoms with Crippen LogP contribution in [0.15, 0.2) is 30.3 Å². The van der Waals surface area contributed by atoms with Crippen LogP contribution in [-0.4, -0.2) is 21.9 Å². The van der Waals surface area contributed by atoms with Crippen LogP contribution in [0, 0.1) is 40.4 Å². The van der Waals surface area contributed by atoms with Crippen molar-refractivity contribution < 1.29 is 10.2 Å². The van der Waals surface area contributed by atoms with Crippen LogP contribution in [0.3, 0.4) is 0 Å². The molecule has 1 aromatic rings. The summed E-state index contributed by atoms with van der Waals surface area (Å²) < 4.78 is 0. The average Bonchev–Trinajstić information content (AvgIpc) is 3.17. The smallest absolute Gasteiger partial charge is 0.0648 e. The summed E-state index contributed by atoms with van der Waals surface area (Å²) in [6, 6.07) is 10.5. The quantitative estimate of drug-likeness (QED) is 0.408. The Morgan fingerprint density at radius 1 is 0.971 bits per heavy atom. The Labute approximate surface area is 209 Å². The molecule has 0 heterocycles. The molecular formula is C32H52O2. The van der Waals surface area contributed by atoms with E-state index in [1.165, 1.54) is 50.5 Å². The molecule has 3 aliphatic rings. The summed E-state index contributed by atoms with van der Waals surface area (Å²) in [5, 5.41) is 22.2. The van der Waals surface area contributed by atoms with E-state index in [1.54, 1.807) is 0 Å². The highest BCUT2D eigenvalue weighted by atomic mass is 16.3. The third kappa shape index (κ3) is 5.29. The Balaban J connectivity index is 1.40. The lowest BCUT2D eigenvalue weighted by Crippen LogP contribution is -2.44. The molecule has 2 nitrogen and oxygen atoms in total. The highest BCUT2D eigenvalue weighted by Gasteiger charge is 2.53. The molecule has 0 aliphatic heterocycles. The molecule has 0 bridgehead atoms. The van der Waals surface area contributed by atoms with Crippen molar-refractivity contribution in [2.24, 2.45) is 40.4 Å². The molecule has 2 heteroatoms. The van der Waals surface area contributed by atoms with Crippen molar-refractivity contribution >= 4 is 0 Å². The summed E-state index contributed by atoms with van der Waals surface area (Å²) in [4.78, 5) is 0. The van der Waals surface area contributed by atoms with Crippen molar-refractivity contribution in [1.29, 1.82) is 0 Å². The van der Waals surface area contributed by atoms with Gasteiger partial charge in [0.1, 0.15) is 0 Å². The zero-order chi connectivity index (χ0) is 24.6. The van der Waals surface area contributed by atoms with Gasteiger partial charge in [-0.25, -0.2) is 0 Å². The molecule has 0 unspecified atom stereocenters. The van der Waals surface area contributed by atoms with E-state index in [0.29, 0.717) is 28.6 Å². The Morgan fingerprint density at radius 2 is 1.71 bits per heavy atom. The van der Waals surface area contributed by atoms with Crippen molar-refractivity contribution in [3.8, 4) is 0 Å². The average molecular weight is 469 g/mol. The molecule has 0 aromatic heterocycles. The van der Waals surface area contributed by atoms with E-state index in [-0.39, 0.29) is 6.10 Å². The Bertz CT molecular complexity index is 787. The number of rotatable bonds is 8. The standard InChI is InChI=1S/C32H52O2/c1-6-32(34)20-19-30(3,4)26(22-32)15-14-25-13-10-18-31(5)27(16-17-28(25)31)23(2)29(33)21-24-11-8-7-9-12-24/h7-9,11-12,23,25-29,33-34H,6,10,13-22H2,1-5H3/t23-,25-,26-,27+,28-,29+,31+,32-/m0/s1. The first-order chi connectivity index (χ1) is 16.1. The van der Waals surface area contributed by atoms with Crippen molar-refractivity contribution in [2.75, 3.05) is 0 Å². The van der Waals surface area contributed by atoms with Crippen LogP contribution in [0.4, 0.5) is 0 Å². The van der Waals surface area contributed by atoms with E-state index in [4.69, 9.17) is 0 Å². The van der Waals surface area contributed by atoms with Gasteiger partial charge in [0.2, 0.25) is 0 Å². The molecule has 192 valence electrons. The maximum atomic E-state index is 11.2. The lowest BCUT2D eigenvalue weighted by molar-refractivity contribution is -0.0671. The van der Waals surface area contributed by atoms with Crippen molar-refractivity contribution in [3.05, 3.63) is 35.9 Å². The molecule has 4 rings (SSSR count). The number of hydrogen-bond donors (Lipinski definition) is 2. The molecular weight excluding hydrogens is 416 g/mol. The molecule has 2 N–H and O–H groups in total. The summed E-state index contributed by atoms with van der Waals surface area (Å²) in [5.74, 6) is 3.27. The predicted octanol–water partition coefficient (Wildman–Crippen LogP) is 7.81. The van der Waals surface area contributed by atoms with Crippen LogP contribution >= 0.6 is 0 Å². The number of fused-ring (bicyclic) bond motifs is 1. The first-order valence-electron chi connectivity index (χ1n) is 14.5. The molecule has 8 atom stereocenters. The first kappa shape index (κ1) is 26.2. The fourth-order valence-electron chi connectivity index (χ4n) is 8.73. The molecule has 1 aromatic carbocycles. The number of hydrogen-bond acceptors (Lipinski definition) is 2. The lowest BCUT2D eigenvalue weighted by Gasteiger charge is -2.49. The minimum Gasteiger partial charge on any atom is -0.392 e. The van der Waals surface area contributed by atoms with Crippen LogP contribution in [0.5, 0.6) is 0 Å². The van der Waals surface area contributed by atoms with Crippen LogP contribution in [0.1, 0.15) is 111 Å². The van der Waals surface area contributed by atoms with E-state index in [2.05, 4.69) is 65.0 Å². The number of aliphatic hydroxyl groups is 2. The van der Waals surface area contributed by atoms with Gasteiger partial charge in [-0.1, -0.05) is 77.8 Å². The monoisotopic (exact) mass is 468 g/mol. The summed E-state index contributed by atoms with van der Waals surface area (Å²) in [5.41, 5.74) is 1.56. The normalized spacial score (nSPS) is 39.4. The zero-order valence-electron chi connectivity index (χ0n) is 22.7. The van der Waals surface area contributed by atoms with E-state index in [9.17, 15) is 10.2 Å². The molecule has 3 fully saturated rings. The summed E-state index contributed by atoms with van der Waals surface area (Å²) >= 11 is 0. The fourth-order valence-corrected chi connectivity index (χ4v) is 8.73. The zero-order valence-corrected chi connectivity index (χ0v) is 22.7. The molecule has 3 saturated carbocycles. The van der Waals surface area contributed by atoms with Gasteiger partial charge in [-0.05, 0) is 110 Å². The number of aliphatic hydroxyl groups excluding tert-OH is 1. The predicted molar refractivity (Wildman–Crippen MR) is 143 cm³/mol. The van der Waals surface area contributed by atoms with Gasteiger partial charge in [0.05, 0.1) is 11.7 Å². The SMILES string of the molecule is CC[C@]1(O)CCC(C)(C)[C@@H](CC[C@@H]2CCC[C@]3(C)[C@@H]([C@H](C)[C@H](O)Cc4ccccc4)CC[C@@H]23)C1. The molecule has 3 aliphatic carbocycles. The van der Waals surface area contributed by atoms with E-state index in [1.807, 2.05) is 0 Å². The molecule has 34 heavy (non-hydrogen) atoms. The topological polar surface area (TPSA) is 40.5 Å².